The maximum atomic E-state index is 6.36. The number of hydrogen-bond acceptors (Lipinski definition) is 0. The number of rotatable bonds is 0. The zero-order valence-electron chi connectivity index (χ0n) is 8.52. The zero-order valence-corrected chi connectivity index (χ0v) is 9.28. The van der Waals surface area contributed by atoms with Crippen LogP contribution in [0.25, 0.3) is 0 Å². The third-order valence-electron chi connectivity index (χ3n) is 4.67. The minimum Gasteiger partial charge on any atom is -0.122 e. The maximum absolute atomic E-state index is 6.36. The van der Waals surface area contributed by atoms with Crippen LogP contribution in [0.5, 0.6) is 0 Å². The molecule has 0 nitrogen and oxygen atoms in total. The Balaban J connectivity index is 2.27. The van der Waals surface area contributed by atoms with E-state index in [1.807, 2.05) is 0 Å². The van der Waals surface area contributed by atoms with E-state index in [-0.39, 0.29) is 0 Å². The van der Waals surface area contributed by atoms with Gasteiger partial charge in [0.2, 0.25) is 0 Å². The molecule has 0 N–H and O–H groups in total. The predicted octanol–water partition coefficient (Wildman–Crippen LogP) is 3.69. The molecule has 0 amide bonds. The summed E-state index contributed by atoms with van der Waals surface area (Å²) in [7, 11) is 0. The second-order valence-electron chi connectivity index (χ2n) is 5.83. The van der Waals surface area contributed by atoms with Crippen LogP contribution in [0, 0.1) is 22.7 Å². The van der Waals surface area contributed by atoms with Crippen molar-refractivity contribution in [2.75, 3.05) is 0 Å². The van der Waals surface area contributed by atoms with Crippen molar-refractivity contribution in [3.63, 3.8) is 0 Å². The highest BCUT2D eigenvalue weighted by atomic mass is 35.5. The third kappa shape index (κ3) is 0.852. The van der Waals surface area contributed by atoms with Gasteiger partial charge < -0.3 is 0 Å². The Bertz CT molecular complexity index is 205. The van der Waals surface area contributed by atoms with Gasteiger partial charge in [-0.05, 0) is 35.5 Å². The molecule has 0 aliphatic heterocycles. The molecule has 3 aliphatic carbocycles. The van der Waals surface area contributed by atoms with E-state index in [0.29, 0.717) is 16.2 Å². The highest BCUT2D eigenvalue weighted by Crippen LogP contribution is 2.66. The first-order valence-electron chi connectivity index (χ1n) is 5.01. The monoisotopic (exact) mass is 186 g/mol. The smallest absolute Gasteiger partial charge is 0.0392 e. The van der Waals surface area contributed by atoms with Gasteiger partial charge in [0, 0.05) is 5.38 Å². The Labute approximate surface area is 80.7 Å². The van der Waals surface area contributed by atoms with Crippen LogP contribution in [0.3, 0.4) is 0 Å². The lowest BCUT2D eigenvalue weighted by Gasteiger charge is -2.65. The van der Waals surface area contributed by atoms with Gasteiger partial charge in [-0.3, -0.25) is 0 Å². The second-order valence-corrected chi connectivity index (χ2v) is 6.36. The molecule has 3 unspecified atom stereocenters. The number of fused-ring (bicyclic) bond motifs is 2. The normalized spacial score (nSPS) is 48.2. The van der Waals surface area contributed by atoms with Gasteiger partial charge in [-0.1, -0.05) is 27.7 Å². The molecule has 12 heavy (non-hydrogen) atoms. The summed E-state index contributed by atoms with van der Waals surface area (Å²) >= 11 is 6.36. The van der Waals surface area contributed by atoms with Crippen LogP contribution < -0.4 is 0 Å². The van der Waals surface area contributed by atoms with Gasteiger partial charge in [-0.25, -0.2) is 0 Å². The molecule has 3 saturated carbocycles. The average Bonchev–Trinajstić information content (AvgIpc) is 1.93. The van der Waals surface area contributed by atoms with Gasteiger partial charge in [0.25, 0.3) is 0 Å². The van der Waals surface area contributed by atoms with Crippen molar-refractivity contribution in [1.82, 2.24) is 0 Å². The molecular weight excluding hydrogens is 168 g/mol. The predicted molar refractivity (Wildman–Crippen MR) is 53.4 cm³/mol. The van der Waals surface area contributed by atoms with Crippen molar-refractivity contribution in [2.24, 2.45) is 22.7 Å². The summed E-state index contributed by atoms with van der Waals surface area (Å²) < 4.78 is 0. The van der Waals surface area contributed by atoms with Gasteiger partial charge in [-0.2, -0.15) is 0 Å². The Kier molecular flexibility index (Phi) is 1.63. The SMILES string of the molecule is CC1(C)C(Cl)CC2CC1C2(C)C. The quantitative estimate of drug-likeness (QED) is 0.507. The van der Waals surface area contributed by atoms with Crippen LogP contribution in [0.15, 0.2) is 0 Å². The zero-order chi connectivity index (χ0) is 9.15. The largest absolute Gasteiger partial charge is 0.122 e. The van der Waals surface area contributed by atoms with Crippen molar-refractivity contribution in [3.8, 4) is 0 Å². The van der Waals surface area contributed by atoms with Gasteiger partial charge in [0.15, 0.2) is 0 Å². The number of alkyl halides is 1. The van der Waals surface area contributed by atoms with Gasteiger partial charge in [0.1, 0.15) is 0 Å². The minimum atomic E-state index is 0.361. The molecule has 3 rings (SSSR count). The highest BCUT2D eigenvalue weighted by Gasteiger charge is 2.60. The van der Waals surface area contributed by atoms with Crippen LogP contribution in [0.4, 0.5) is 0 Å². The Morgan fingerprint density at radius 3 is 1.92 bits per heavy atom. The van der Waals surface area contributed by atoms with E-state index >= 15 is 0 Å². The molecule has 0 radical (unpaired) electrons. The van der Waals surface area contributed by atoms with Crippen molar-refractivity contribution >= 4 is 11.6 Å². The van der Waals surface area contributed by atoms with E-state index in [9.17, 15) is 0 Å². The molecule has 1 heteroatoms. The molecule has 3 aliphatic rings. The van der Waals surface area contributed by atoms with E-state index in [1.165, 1.54) is 12.8 Å². The summed E-state index contributed by atoms with van der Waals surface area (Å²) in [6.07, 6.45) is 2.65. The molecule has 0 spiro atoms. The molecule has 2 bridgehead atoms. The summed E-state index contributed by atoms with van der Waals surface area (Å²) in [5.74, 6) is 1.75. The van der Waals surface area contributed by atoms with Gasteiger partial charge in [-0.15, -0.1) is 11.6 Å². The lowest BCUT2D eigenvalue weighted by Crippen LogP contribution is -2.60. The van der Waals surface area contributed by atoms with Crippen molar-refractivity contribution in [1.29, 1.82) is 0 Å². The van der Waals surface area contributed by atoms with Crippen LogP contribution in [0.2, 0.25) is 0 Å². The summed E-state index contributed by atoms with van der Waals surface area (Å²) in [6, 6.07) is 0. The van der Waals surface area contributed by atoms with Gasteiger partial charge in [0.05, 0.1) is 0 Å². The molecule has 0 aromatic rings. The first-order chi connectivity index (χ1) is 5.37. The molecule has 0 heterocycles. The lowest BCUT2D eigenvalue weighted by molar-refractivity contribution is -0.139. The van der Waals surface area contributed by atoms with Crippen LogP contribution in [-0.2, 0) is 0 Å². The maximum Gasteiger partial charge on any atom is 0.0392 e. The molecule has 3 atom stereocenters. The first kappa shape index (κ1) is 8.87. The van der Waals surface area contributed by atoms with E-state index in [1.54, 1.807) is 0 Å². The minimum absolute atomic E-state index is 0.361. The van der Waals surface area contributed by atoms with Crippen molar-refractivity contribution in [2.45, 2.75) is 45.9 Å². The standard InChI is InChI=1S/C11H19Cl/c1-10(2)7-5-8(10)11(3,4)9(12)6-7/h7-9H,5-6H2,1-4H3. The van der Waals surface area contributed by atoms with E-state index in [2.05, 4.69) is 27.7 Å². The fourth-order valence-electron chi connectivity index (χ4n) is 3.45. The van der Waals surface area contributed by atoms with Crippen molar-refractivity contribution in [3.05, 3.63) is 0 Å². The Morgan fingerprint density at radius 2 is 1.58 bits per heavy atom. The molecule has 70 valence electrons. The number of halogens is 1. The topological polar surface area (TPSA) is 0 Å². The first-order valence-corrected chi connectivity index (χ1v) is 5.44. The van der Waals surface area contributed by atoms with Crippen LogP contribution in [-0.4, -0.2) is 5.38 Å². The second kappa shape index (κ2) is 2.20. The molecule has 3 fully saturated rings. The Morgan fingerprint density at radius 1 is 1.00 bits per heavy atom. The Hall–Kier alpha value is 0.290. The molecule has 0 aromatic carbocycles. The van der Waals surface area contributed by atoms with E-state index < -0.39 is 0 Å². The lowest BCUT2D eigenvalue weighted by atomic mass is 9.41. The molecular formula is C11H19Cl. The average molecular weight is 187 g/mol. The summed E-state index contributed by atoms with van der Waals surface area (Å²) in [5, 5.41) is 0.411. The van der Waals surface area contributed by atoms with Crippen LogP contribution in [0.1, 0.15) is 40.5 Å². The van der Waals surface area contributed by atoms with Crippen LogP contribution >= 0.6 is 11.6 Å². The fraction of sp³-hybridized carbons (Fsp3) is 1.00. The fourth-order valence-corrected chi connectivity index (χ4v) is 3.82. The highest BCUT2D eigenvalue weighted by molar-refractivity contribution is 6.21. The van der Waals surface area contributed by atoms with Gasteiger partial charge >= 0.3 is 0 Å². The molecule has 0 saturated heterocycles. The summed E-state index contributed by atoms with van der Waals surface area (Å²) in [5.41, 5.74) is 0.925. The van der Waals surface area contributed by atoms with E-state index in [4.69, 9.17) is 11.6 Å². The van der Waals surface area contributed by atoms with Crippen molar-refractivity contribution < 1.29 is 0 Å². The summed E-state index contributed by atoms with van der Waals surface area (Å²) in [4.78, 5) is 0. The molecule has 0 aromatic heterocycles. The third-order valence-corrected chi connectivity index (χ3v) is 5.41. The number of hydrogen-bond donors (Lipinski definition) is 0. The van der Waals surface area contributed by atoms with E-state index in [0.717, 1.165) is 11.8 Å². The summed E-state index contributed by atoms with van der Waals surface area (Å²) in [6.45, 7) is 9.51.